The maximum atomic E-state index is 12.0. The van der Waals surface area contributed by atoms with Crippen molar-refractivity contribution in [3.05, 3.63) is 58.8 Å². The second-order valence-electron chi connectivity index (χ2n) is 4.82. The Morgan fingerprint density at radius 2 is 1.91 bits per heavy atom. The topological polar surface area (TPSA) is 91.3 Å². The lowest BCUT2D eigenvalue weighted by atomic mass is 10.2. The summed E-state index contributed by atoms with van der Waals surface area (Å²) in [6.07, 6.45) is 1.45. The van der Waals surface area contributed by atoms with Crippen molar-refractivity contribution in [3.8, 4) is 0 Å². The molecule has 1 aromatic heterocycles. The number of benzene rings is 1. The van der Waals surface area contributed by atoms with Gasteiger partial charge in [-0.05, 0) is 40.2 Å². The highest BCUT2D eigenvalue weighted by atomic mass is 79.9. The van der Waals surface area contributed by atoms with E-state index in [-0.39, 0.29) is 18.9 Å². The largest absolute Gasteiger partial charge is 0.480 e. The Kier molecular flexibility index (Phi) is 6.25. The highest BCUT2D eigenvalue weighted by Crippen LogP contribution is 2.21. The maximum absolute atomic E-state index is 12.0. The first-order chi connectivity index (χ1) is 11.1. The van der Waals surface area contributed by atoms with E-state index in [1.807, 2.05) is 12.1 Å². The van der Waals surface area contributed by atoms with E-state index in [4.69, 9.17) is 0 Å². The average molecular weight is 378 g/mol. The Bertz CT molecular complexity index is 679. The summed E-state index contributed by atoms with van der Waals surface area (Å²) in [5, 5.41) is 14.8. The number of carbonyl (C=O) groups excluding carboxylic acids is 1. The molecule has 0 aliphatic carbocycles. The van der Waals surface area contributed by atoms with Gasteiger partial charge in [0.2, 0.25) is 5.91 Å². The van der Waals surface area contributed by atoms with Crippen molar-refractivity contribution in [2.24, 2.45) is 0 Å². The van der Waals surface area contributed by atoms with Crippen molar-refractivity contribution in [1.82, 2.24) is 10.3 Å². The molecule has 0 aliphatic heterocycles. The molecule has 1 unspecified atom stereocenters. The average Bonchev–Trinajstić information content (AvgIpc) is 2.54. The summed E-state index contributed by atoms with van der Waals surface area (Å²) >= 11 is 3.33. The summed E-state index contributed by atoms with van der Waals surface area (Å²) < 4.78 is 0.738. The van der Waals surface area contributed by atoms with Gasteiger partial charge in [0.05, 0.1) is 17.8 Å². The molecular formula is C16H16BrN3O3. The van der Waals surface area contributed by atoms with Crippen molar-refractivity contribution >= 4 is 33.5 Å². The summed E-state index contributed by atoms with van der Waals surface area (Å²) in [6, 6.07) is 11.5. The molecule has 0 radical (unpaired) electrons. The monoisotopic (exact) mass is 377 g/mol. The van der Waals surface area contributed by atoms with Crippen molar-refractivity contribution < 1.29 is 14.7 Å². The van der Waals surface area contributed by atoms with Gasteiger partial charge in [-0.1, -0.05) is 18.2 Å². The molecular weight excluding hydrogens is 362 g/mol. The van der Waals surface area contributed by atoms with Gasteiger partial charge in [0, 0.05) is 17.2 Å². The standard InChI is InChI=1S/C16H16BrN3O3/c17-12-6-1-2-7-13(12)20-15(21)9-14(16(22)23)19-10-11-5-3-4-8-18-11/h1-8,14,19H,9-10H2,(H,20,21)(H,22,23). The van der Waals surface area contributed by atoms with E-state index in [1.54, 1.807) is 36.5 Å². The Hall–Kier alpha value is -2.25. The molecule has 0 saturated heterocycles. The minimum absolute atomic E-state index is 0.177. The molecule has 7 heteroatoms. The number of pyridine rings is 1. The van der Waals surface area contributed by atoms with Crippen LogP contribution in [0.1, 0.15) is 12.1 Å². The van der Waals surface area contributed by atoms with Gasteiger partial charge in [0.25, 0.3) is 0 Å². The third-order valence-corrected chi connectivity index (χ3v) is 3.78. The van der Waals surface area contributed by atoms with Crippen LogP contribution in [0, 0.1) is 0 Å². The molecule has 1 atom stereocenters. The Balaban J connectivity index is 1.92. The van der Waals surface area contributed by atoms with Gasteiger partial charge in [0.1, 0.15) is 6.04 Å². The summed E-state index contributed by atoms with van der Waals surface area (Å²) in [5.41, 5.74) is 1.32. The third kappa shape index (κ3) is 5.46. The highest BCUT2D eigenvalue weighted by Gasteiger charge is 2.21. The molecule has 1 heterocycles. The molecule has 0 fully saturated rings. The molecule has 23 heavy (non-hydrogen) atoms. The first-order valence-electron chi connectivity index (χ1n) is 6.96. The number of carbonyl (C=O) groups is 2. The van der Waals surface area contributed by atoms with E-state index < -0.39 is 12.0 Å². The van der Waals surface area contributed by atoms with Gasteiger partial charge in [-0.2, -0.15) is 0 Å². The van der Waals surface area contributed by atoms with Crippen molar-refractivity contribution in [2.75, 3.05) is 5.32 Å². The van der Waals surface area contributed by atoms with Gasteiger partial charge < -0.3 is 10.4 Å². The zero-order valence-corrected chi connectivity index (χ0v) is 13.8. The highest BCUT2D eigenvalue weighted by molar-refractivity contribution is 9.10. The number of nitrogens with zero attached hydrogens (tertiary/aromatic N) is 1. The van der Waals surface area contributed by atoms with E-state index in [0.29, 0.717) is 11.4 Å². The number of carboxylic acid groups (broad SMARTS) is 1. The number of hydrogen-bond donors (Lipinski definition) is 3. The van der Waals surface area contributed by atoms with Crippen molar-refractivity contribution in [3.63, 3.8) is 0 Å². The number of nitrogens with one attached hydrogen (secondary N) is 2. The number of rotatable bonds is 7. The van der Waals surface area contributed by atoms with E-state index in [1.165, 1.54) is 0 Å². The van der Waals surface area contributed by atoms with Crippen LogP contribution in [0.15, 0.2) is 53.1 Å². The number of carboxylic acids is 1. The number of hydrogen-bond acceptors (Lipinski definition) is 4. The first kappa shape index (κ1) is 17.1. The number of anilines is 1. The van der Waals surface area contributed by atoms with E-state index >= 15 is 0 Å². The van der Waals surface area contributed by atoms with Crippen molar-refractivity contribution in [2.45, 2.75) is 19.0 Å². The zero-order chi connectivity index (χ0) is 16.7. The second-order valence-corrected chi connectivity index (χ2v) is 5.68. The molecule has 1 amide bonds. The fraction of sp³-hybridized carbons (Fsp3) is 0.188. The van der Waals surface area contributed by atoms with E-state index in [9.17, 15) is 14.7 Å². The Labute approximate surface area is 142 Å². The molecule has 2 rings (SSSR count). The third-order valence-electron chi connectivity index (χ3n) is 3.09. The van der Waals surface area contributed by atoms with Crippen LogP contribution in [0.25, 0.3) is 0 Å². The summed E-state index contributed by atoms with van der Waals surface area (Å²) in [6.45, 7) is 0.278. The van der Waals surface area contributed by atoms with Gasteiger partial charge in [-0.25, -0.2) is 0 Å². The molecule has 6 nitrogen and oxygen atoms in total. The van der Waals surface area contributed by atoms with Gasteiger partial charge >= 0.3 is 5.97 Å². The molecule has 2 aromatic rings. The van der Waals surface area contributed by atoms with Crippen LogP contribution < -0.4 is 10.6 Å². The van der Waals surface area contributed by atoms with Gasteiger partial charge in [-0.15, -0.1) is 0 Å². The molecule has 0 saturated carbocycles. The van der Waals surface area contributed by atoms with Crippen molar-refractivity contribution in [1.29, 1.82) is 0 Å². The number of halogens is 1. The van der Waals surface area contributed by atoms with Crippen LogP contribution in [0.3, 0.4) is 0 Å². The molecule has 0 spiro atoms. The minimum atomic E-state index is -1.08. The van der Waals surface area contributed by atoms with E-state index in [0.717, 1.165) is 4.47 Å². The molecule has 3 N–H and O–H groups in total. The smallest absolute Gasteiger partial charge is 0.321 e. The lowest BCUT2D eigenvalue weighted by Gasteiger charge is -2.14. The summed E-state index contributed by atoms with van der Waals surface area (Å²) in [5.74, 6) is -1.46. The lowest BCUT2D eigenvalue weighted by molar-refractivity contribution is -0.141. The SMILES string of the molecule is O=C(CC(NCc1ccccn1)C(=O)O)Nc1ccccc1Br. The van der Waals surface area contributed by atoms with Crippen LogP contribution in [-0.4, -0.2) is 28.0 Å². The van der Waals surface area contributed by atoms with Gasteiger partial charge in [0.15, 0.2) is 0 Å². The number of para-hydroxylation sites is 1. The van der Waals surface area contributed by atoms with E-state index in [2.05, 4.69) is 31.5 Å². The Morgan fingerprint density at radius 3 is 2.57 bits per heavy atom. The van der Waals surface area contributed by atoms with Crippen LogP contribution in [0.4, 0.5) is 5.69 Å². The fourth-order valence-electron chi connectivity index (χ4n) is 1.93. The number of aliphatic carboxylic acids is 1. The van der Waals surface area contributed by atoms with Crippen LogP contribution in [0.5, 0.6) is 0 Å². The predicted molar refractivity (Wildman–Crippen MR) is 89.9 cm³/mol. The predicted octanol–water partition coefficient (Wildman–Crippen LogP) is 2.42. The minimum Gasteiger partial charge on any atom is -0.480 e. The fourth-order valence-corrected chi connectivity index (χ4v) is 2.31. The number of aromatic nitrogens is 1. The molecule has 1 aromatic carbocycles. The Morgan fingerprint density at radius 1 is 1.17 bits per heavy atom. The van der Waals surface area contributed by atoms with Crippen LogP contribution in [0.2, 0.25) is 0 Å². The molecule has 0 bridgehead atoms. The summed E-state index contributed by atoms with van der Waals surface area (Å²) in [7, 11) is 0. The molecule has 0 aliphatic rings. The van der Waals surface area contributed by atoms with Gasteiger partial charge in [-0.3, -0.25) is 19.9 Å². The maximum Gasteiger partial charge on any atom is 0.321 e. The van der Waals surface area contributed by atoms with Crippen LogP contribution in [-0.2, 0) is 16.1 Å². The first-order valence-corrected chi connectivity index (χ1v) is 7.76. The zero-order valence-electron chi connectivity index (χ0n) is 12.2. The lowest BCUT2D eigenvalue weighted by Crippen LogP contribution is -2.39. The quantitative estimate of drug-likeness (QED) is 0.688. The summed E-state index contributed by atoms with van der Waals surface area (Å²) in [4.78, 5) is 27.4. The molecule has 120 valence electrons. The van der Waals surface area contributed by atoms with Crippen LogP contribution >= 0.6 is 15.9 Å². The number of amides is 1. The normalized spacial score (nSPS) is 11.7. The second kappa shape index (κ2) is 8.40.